The van der Waals surface area contributed by atoms with Gasteiger partial charge in [-0.25, -0.2) is 4.79 Å². The maximum absolute atomic E-state index is 12.1. The van der Waals surface area contributed by atoms with Gasteiger partial charge in [-0.05, 0) is 11.8 Å². The zero-order chi connectivity index (χ0) is 13.2. The zero-order valence-electron chi connectivity index (χ0n) is 11.1. The second-order valence-electron chi connectivity index (χ2n) is 5.97. The maximum atomic E-state index is 12.1. The minimum absolute atomic E-state index is 0.0519. The van der Waals surface area contributed by atoms with Gasteiger partial charge in [0.05, 0.1) is 5.92 Å². The van der Waals surface area contributed by atoms with Crippen LogP contribution in [-0.2, 0) is 4.79 Å². The molecule has 1 heterocycles. The van der Waals surface area contributed by atoms with E-state index in [1.165, 1.54) is 0 Å². The largest absolute Gasteiger partial charge is 0.481 e. The number of likely N-dealkylation sites (tertiary alicyclic amines) is 1. The summed E-state index contributed by atoms with van der Waals surface area (Å²) in [6, 6.07) is -0.0660. The monoisotopic (exact) mass is 242 g/mol. The van der Waals surface area contributed by atoms with Gasteiger partial charge in [0.15, 0.2) is 0 Å². The van der Waals surface area contributed by atoms with Crippen LogP contribution >= 0.6 is 0 Å². The van der Waals surface area contributed by atoms with Gasteiger partial charge in [-0.2, -0.15) is 0 Å². The number of rotatable bonds is 2. The summed E-state index contributed by atoms with van der Waals surface area (Å²) >= 11 is 0. The maximum Gasteiger partial charge on any atom is 0.319 e. The molecule has 98 valence electrons. The van der Waals surface area contributed by atoms with Crippen molar-refractivity contribution in [1.29, 1.82) is 0 Å². The third-order valence-electron chi connectivity index (χ3n) is 2.85. The SMILES string of the molecule is CN(CC(C)(C)C)C(=O)N1CCC(C(=O)O)C1. The molecular weight excluding hydrogens is 220 g/mol. The zero-order valence-corrected chi connectivity index (χ0v) is 11.1. The van der Waals surface area contributed by atoms with Crippen LogP contribution < -0.4 is 0 Å². The van der Waals surface area contributed by atoms with Gasteiger partial charge >= 0.3 is 12.0 Å². The highest BCUT2D eigenvalue weighted by molar-refractivity contribution is 5.77. The standard InChI is InChI=1S/C12H22N2O3/c1-12(2,3)8-13(4)11(17)14-6-5-9(7-14)10(15)16/h9H,5-8H2,1-4H3,(H,15,16). The van der Waals surface area contributed by atoms with Crippen molar-refractivity contribution in [2.45, 2.75) is 27.2 Å². The summed E-state index contributed by atoms with van der Waals surface area (Å²) in [6.45, 7) is 7.76. The van der Waals surface area contributed by atoms with E-state index in [0.29, 0.717) is 26.1 Å². The summed E-state index contributed by atoms with van der Waals surface area (Å²) in [4.78, 5) is 26.2. The van der Waals surface area contributed by atoms with Crippen LogP contribution in [0.5, 0.6) is 0 Å². The fraction of sp³-hybridized carbons (Fsp3) is 0.833. The van der Waals surface area contributed by atoms with E-state index in [0.717, 1.165) is 0 Å². The normalized spacial score (nSPS) is 20.5. The molecule has 0 aromatic carbocycles. The van der Waals surface area contributed by atoms with E-state index >= 15 is 0 Å². The van der Waals surface area contributed by atoms with E-state index in [4.69, 9.17) is 5.11 Å². The predicted molar refractivity (Wildman–Crippen MR) is 64.8 cm³/mol. The van der Waals surface area contributed by atoms with Gasteiger partial charge in [-0.1, -0.05) is 20.8 Å². The lowest BCUT2D eigenvalue weighted by molar-refractivity contribution is -0.141. The van der Waals surface area contributed by atoms with Crippen molar-refractivity contribution < 1.29 is 14.7 Å². The van der Waals surface area contributed by atoms with Gasteiger partial charge in [-0.3, -0.25) is 4.79 Å². The number of carbonyl (C=O) groups excluding carboxylic acids is 1. The lowest BCUT2D eigenvalue weighted by Gasteiger charge is -2.30. The van der Waals surface area contributed by atoms with Crippen molar-refractivity contribution >= 4 is 12.0 Å². The van der Waals surface area contributed by atoms with E-state index in [9.17, 15) is 9.59 Å². The van der Waals surface area contributed by atoms with Crippen molar-refractivity contribution in [3.05, 3.63) is 0 Å². The molecular formula is C12H22N2O3. The molecule has 1 aliphatic heterocycles. The summed E-state index contributed by atoms with van der Waals surface area (Å²) in [5.41, 5.74) is 0.0519. The Balaban J connectivity index is 2.52. The lowest BCUT2D eigenvalue weighted by Crippen LogP contribution is -2.43. The molecule has 1 rings (SSSR count). The van der Waals surface area contributed by atoms with Crippen LogP contribution in [0, 0.1) is 11.3 Å². The van der Waals surface area contributed by atoms with Crippen LogP contribution in [-0.4, -0.2) is 53.6 Å². The molecule has 0 aliphatic carbocycles. The molecule has 5 nitrogen and oxygen atoms in total. The number of aliphatic carboxylic acids is 1. The molecule has 0 aromatic rings. The molecule has 0 radical (unpaired) electrons. The average Bonchev–Trinajstić information content (AvgIpc) is 2.62. The summed E-state index contributed by atoms with van der Waals surface area (Å²) in [5, 5.41) is 8.89. The Kier molecular flexibility index (Phi) is 4.01. The number of hydrogen-bond acceptors (Lipinski definition) is 2. The Morgan fingerprint density at radius 2 is 2.00 bits per heavy atom. The summed E-state index contributed by atoms with van der Waals surface area (Å²) < 4.78 is 0. The molecule has 1 aliphatic rings. The molecule has 17 heavy (non-hydrogen) atoms. The second-order valence-corrected chi connectivity index (χ2v) is 5.97. The van der Waals surface area contributed by atoms with Crippen LogP contribution in [0.4, 0.5) is 4.79 Å². The summed E-state index contributed by atoms with van der Waals surface area (Å²) in [5.74, 6) is -1.21. The molecule has 1 fully saturated rings. The van der Waals surface area contributed by atoms with Gasteiger partial charge < -0.3 is 14.9 Å². The molecule has 1 atom stereocenters. The van der Waals surface area contributed by atoms with Gasteiger partial charge in [0.1, 0.15) is 0 Å². The van der Waals surface area contributed by atoms with Crippen molar-refractivity contribution in [1.82, 2.24) is 9.80 Å². The Bertz CT molecular complexity index is 309. The third-order valence-corrected chi connectivity index (χ3v) is 2.85. The quantitative estimate of drug-likeness (QED) is 0.798. The van der Waals surface area contributed by atoms with Gasteiger partial charge in [-0.15, -0.1) is 0 Å². The van der Waals surface area contributed by atoms with Crippen molar-refractivity contribution in [3.8, 4) is 0 Å². The fourth-order valence-corrected chi connectivity index (χ4v) is 2.16. The number of urea groups is 1. The molecule has 0 bridgehead atoms. The average molecular weight is 242 g/mol. The molecule has 0 spiro atoms. The fourth-order valence-electron chi connectivity index (χ4n) is 2.16. The van der Waals surface area contributed by atoms with Crippen molar-refractivity contribution in [2.24, 2.45) is 11.3 Å². The highest BCUT2D eigenvalue weighted by atomic mass is 16.4. The minimum Gasteiger partial charge on any atom is -0.481 e. The van der Waals surface area contributed by atoms with Crippen LogP contribution in [0.2, 0.25) is 0 Å². The van der Waals surface area contributed by atoms with Gasteiger partial charge in [0.25, 0.3) is 0 Å². The second kappa shape index (κ2) is 4.94. The molecule has 1 saturated heterocycles. The first kappa shape index (κ1) is 13.8. The summed E-state index contributed by atoms with van der Waals surface area (Å²) in [7, 11) is 1.77. The number of carbonyl (C=O) groups is 2. The predicted octanol–water partition coefficient (Wildman–Crippen LogP) is 1.49. The Morgan fingerprint density at radius 3 is 2.41 bits per heavy atom. The number of carboxylic acid groups (broad SMARTS) is 1. The number of carboxylic acids is 1. The van der Waals surface area contributed by atoms with Crippen LogP contribution in [0.25, 0.3) is 0 Å². The van der Waals surface area contributed by atoms with Crippen molar-refractivity contribution in [3.63, 3.8) is 0 Å². The molecule has 0 aromatic heterocycles. The first-order valence-corrected chi connectivity index (χ1v) is 5.93. The smallest absolute Gasteiger partial charge is 0.319 e. The summed E-state index contributed by atoms with van der Waals surface area (Å²) in [6.07, 6.45) is 0.560. The van der Waals surface area contributed by atoms with E-state index in [-0.39, 0.29) is 11.4 Å². The van der Waals surface area contributed by atoms with Crippen molar-refractivity contribution in [2.75, 3.05) is 26.7 Å². The molecule has 1 unspecified atom stereocenters. The number of nitrogens with zero attached hydrogens (tertiary/aromatic N) is 2. The minimum atomic E-state index is -0.807. The van der Waals surface area contributed by atoms with Crippen LogP contribution in [0.15, 0.2) is 0 Å². The highest BCUT2D eigenvalue weighted by Gasteiger charge is 2.32. The molecule has 2 amide bonds. The van der Waals surface area contributed by atoms with E-state index in [1.807, 2.05) is 0 Å². The molecule has 5 heteroatoms. The Morgan fingerprint density at radius 1 is 1.41 bits per heavy atom. The Hall–Kier alpha value is -1.26. The molecule has 0 saturated carbocycles. The van der Waals surface area contributed by atoms with E-state index in [1.54, 1.807) is 16.8 Å². The van der Waals surface area contributed by atoms with Gasteiger partial charge in [0, 0.05) is 26.7 Å². The topological polar surface area (TPSA) is 60.9 Å². The number of amides is 2. The Labute approximate surface area is 102 Å². The lowest BCUT2D eigenvalue weighted by atomic mass is 9.96. The van der Waals surface area contributed by atoms with Crippen LogP contribution in [0.1, 0.15) is 27.2 Å². The molecule has 1 N–H and O–H groups in total. The highest BCUT2D eigenvalue weighted by Crippen LogP contribution is 2.20. The third kappa shape index (κ3) is 3.91. The first-order chi connectivity index (χ1) is 7.70. The van der Waals surface area contributed by atoms with Gasteiger partial charge in [0.2, 0.25) is 0 Å². The van der Waals surface area contributed by atoms with Crippen LogP contribution in [0.3, 0.4) is 0 Å². The number of hydrogen-bond donors (Lipinski definition) is 1. The van der Waals surface area contributed by atoms with E-state index in [2.05, 4.69) is 20.8 Å². The van der Waals surface area contributed by atoms with E-state index < -0.39 is 11.9 Å². The first-order valence-electron chi connectivity index (χ1n) is 5.93.